The molecule has 1 aliphatic rings. The second-order valence-electron chi connectivity index (χ2n) is 4.89. The number of rotatable bonds is 3. The summed E-state index contributed by atoms with van der Waals surface area (Å²) in [5, 5.41) is 15.0. The monoisotopic (exact) mass is 325 g/mol. The van der Waals surface area contributed by atoms with Crippen molar-refractivity contribution in [2.75, 3.05) is 6.54 Å². The first-order chi connectivity index (χ1) is 10.2. The molecule has 1 aromatic carbocycles. The molecule has 1 aromatic heterocycles. The standard InChI is InChI=1S/C13H13Cl2N5O/c14-9-3-1-4-10(15)8(9)7-12(21)20-6-2-5-11(20)13-16-18-19-17-13/h1,3-4,11H,2,5-7H2,(H,16,17,18,19)/t11-/m0/s1. The number of tetrazole rings is 1. The van der Waals surface area contributed by atoms with Crippen molar-refractivity contribution in [3.63, 3.8) is 0 Å². The van der Waals surface area contributed by atoms with Gasteiger partial charge in [0, 0.05) is 16.6 Å². The van der Waals surface area contributed by atoms with Gasteiger partial charge in [0.15, 0.2) is 5.82 Å². The van der Waals surface area contributed by atoms with Gasteiger partial charge in [0.25, 0.3) is 0 Å². The van der Waals surface area contributed by atoms with E-state index < -0.39 is 0 Å². The normalized spacial score (nSPS) is 18.2. The van der Waals surface area contributed by atoms with Crippen molar-refractivity contribution in [2.24, 2.45) is 0 Å². The predicted octanol–water partition coefficient (Wildman–Crippen LogP) is 2.41. The molecule has 2 heterocycles. The highest BCUT2D eigenvalue weighted by atomic mass is 35.5. The van der Waals surface area contributed by atoms with E-state index in [1.807, 2.05) is 0 Å². The van der Waals surface area contributed by atoms with E-state index in [4.69, 9.17) is 23.2 Å². The topological polar surface area (TPSA) is 74.8 Å². The molecule has 110 valence electrons. The summed E-state index contributed by atoms with van der Waals surface area (Å²) in [5.74, 6) is 0.517. The molecule has 21 heavy (non-hydrogen) atoms. The van der Waals surface area contributed by atoms with Crippen LogP contribution in [-0.4, -0.2) is 38.0 Å². The van der Waals surface area contributed by atoms with Gasteiger partial charge in [0.1, 0.15) is 0 Å². The fourth-order valence-electron chi connectivity index (χ4n) is 2.60. The van der Waals surface area contributed by atoms with Crippen LogP contribution in [0.15, 0.2) is 18.2 Å². The number of hydrogen-bond acceptors (Lipinski definition) is 4. The van der Waals surface area contributed by atoms with Crippen LogP contribution in [0.5, 0.6) is 0 Å². The molecule has 8 heteroatoms. The van der Waals surface area contributed by atoms with Gasteiger partial charge < -0.3 is 4.90 Å². The molecule has 3 rings (SSSR count). The van der Waals surface area contributed by atoms with Crippen LogP contribution in [-0.2, 0) is 11.2 Å². The number of nitrogens with one attached hydrogen (secondary N) is 1. The summed E-state index contributed by atoms with van der Waals surface area (Å²) in [6, 6.07) is 5.10. The molecule has 0 bridgehead atoms. The second kappa shape index (κ2) is 5.99. The van der Waals surface area contributed by atoms with E-state index in [2.05, 4.69) is 20.6 Å². The third-order valence-corrected chi connectivity index (χ3v) is 4.33. The van der Waals surface area contributed by atoms with Gasteiger partial charge in [0.05, 0.1) is 12.5 Å². The van der Waals surface area contributed by atoms with Crippen molar-refractivity contribution in [2.45, 2.75) is 25.3 Å². The number of amides is 1. The van der Waals surface area contributed by atoms with Crippen molar-refractivity contribution in [3.05, 3.63) is 39.6 Å². The molecule has 2 aromatic rings. The molecular weight excluding hydrogens is 313 g/mol. The van der Waals surface area contributed by atoms with Crippen LogP contribution in [0, 0.1) is 0 Å². The van der Waals surface area contributed by atoms with Crippen LogP contribution in [0.4, 0.5) is 0 Å². The number of likely N-dealkylation sites (tertiary alicyclic amines) is 1. The van der Waals surface area contributed by atoms with E-state index >= 15 is 0 Å². The predicted molar refractivity (Wildman–Crippen MR) is 78.0 cm³/mol. The average Bonchev–Trinajstić information content (AvgIpc) is 3.12. The van der Waals surface area contributed by atoms with Crippen LogP contribution in [0.1, 0.15) is 30.3 Å². The van der Waals surface area contributed by atoms with E-state index in [1.165, 1.54) is 0 Å². The number of aromatic amines is 1. The molecule has 1 saturated heterocycles. The lowest BCUT2D eigenvalue weighted by molar-refractivity contribution is -0.131. The molecule has 0 unspecified atom stereocenters. The number of H-pyrrole nitrogens is 1. The Morgan fingerprint density at radius 1 is 1.38 bits per heavy atom. The fraction of sp³-hybridized carbons (Fsp3) is 0.385. The van der Waals surface area contributed by atoms with Gasteiger partial charge in [0.2, 0.25) is 5.91 Å². The Kier molecular flexibility index (Phi) is 4.07. The minimum atomic E-state index is -0.127. The fourth-order valence-corrected chi connectivity index (χ4v) is 3.13. The van der Waals surface area contributed by atoms with Gasteiger partial charge in [-0.2, -0.15) is 5.21 Å². The maximum absolute atomic E-state index is 12.5. The maximum atomic E-state index is 12.5. The van der Waals surface area contributed by atoms with Crippen LogP contribution < -0.4 is 0 Å². The lowest BCUT2D eigenvalue weighted by atomic mass is 10.1. The maximum Gasteiger partial charge on any atom is 0.227 e. The molecule has 1 N–H and O–H groups in total. The Bertz CT molecular complexity index is 626. The Morgan fingerprint density at radius 3 is 2.81 bits per heavy atom. The Balaban J connectivity index is 1.79. The van der Waals surface area contributed by atoms with Crippen molar-refractivity contribution in [1.82, 2.24) is 25.5 Å². The highest BCUT2D eigenvalue weighted by Gasteiger charge is 2.33. The van der Waals surface area contributed by atoms with E-state index in [9.17, 15) is 4.79 Å². The van der Waals surface area contributed by atoms with Crippen LogP contribution in [0.2, 0.25) is 10.0 Å². The molecule has 1 aliphatic heterocycles. The smallest absolute Gasteiger partial charge is 0.227 e. The number of benzene rings is 1. The third-order valence-electron chi connectivity index (χ3n) is 3.62. The largest absolute Gasteiger partial charge is 0.332 e. The van der Waals surface area contributed by atoms with Crippen molar-refractivity contribution in [1.29, 1.82) is 0 Å². The molecule has 0 spiro atoms. The number of aromatic nitrogens is 4. The van der Waals surface area contributed by atoms with Gasteiger partial charge in [-0.1, -0.05) is 34.5 Å². The zero-order valence-corrected chi connectivity index (χ0v) is 12.6. The first kappa shape index (κ1) is 14.3. The molecule has 0 radical (unpaired) electrons. The summed E-state index contributed by atoms with van der Waals surface area (Å²) in [4.78, 5) is 14.3. The average molecular weight is 326 g/mol. The first-order valence-electron chi connectivity index (χ1n) is 6.62. The number of carbonyl (C=O) groups excluding carboxylic acids is 1. The Labute approximate surface area is 131 Å². The van der Waals surface area contributed by atoms with Gasteiger partial charge in [-0.25, -0.2) is 0 Å². The van der Waals surface area contributed by atoms with Crippen LogP contribution in [0.3, 0.4) is 0 Å². The van der Waals surface area contributed by atoms with E-state index in [-0.39, 0.29) is 18.4 Å². The lowest BCUT2D eigenvalue weighted by Crippen LogP contribution is -2.32. The minimum absolute atomic E-state index is 0.0303. The molecule has 0 aliphatic carbocycles. The zero-order chi connectivity index (χ0) is 14.8. The van der Waals surface area contributed by atoms with Crippen molar-refractivity contribution >= 4 is 29.1 Å². The summed E-state index contributed by atoms with van der Waals surface area (Å²) in [6.07, 6.45) is 1.93. The number of carbonyl (C=O) groups is 1. The molecule has 1 fully saturated rings. The highest BCUT2D eigenvalue weighted by Crippen LogP contribution is 2.31. The minimum Gasteiger partial charge on any atom is -0.332 e. The molecule has 1 atom stereocenters. The molecule has 6 nitrogen and oxygen atoms in total. The quantitative estimate of drug-likeness (QED) is 0.940. The summed E-state index contributed by atoms with van der Waals surface area (Å²) >= 11 is 12.2. The van der Waals surface area contributed by atoms with E-state index in [0.717, 1.165) is 12.8 Å². The van der Waals surface area contributed by atoms with Crippen LogP contribution in [0.25, 0.3) is 0 Å². The van der Waals surface area contributed by atoms with Gasteiger partial charge >= 0.3 is 0 Å². The summed E-state index contributed by atoms with van der Waals surface area (Å²) in [5.41, 5.74) is 0.657. The lowest BCUT2D eigenvalue weighted by Gasteiger charge is -2.22. The SMILES string of the molecule is O=C(Cc1c(Cl)cccc1Cl)N1CCC[C@H]1c1nn[nH]n1. The Morgan fingerprint density at radius 2 is 2.14 bits per heavy atom. The van der Waals surface area contributed by atoms with Gasteiger partial charge in [-0.3, -0.25) is 4.79 Å². The van der Waals surface area contributed by atoms with Crippen LogP contribution >= 0.6 is 23.2 Å². The van der Waals surface area contributed by atoms with E-state index in [1.54, 1.807) is 23.1 Å². The molecule has 0 saturated carbocycles. The van der Waals surface area contributed by atoms with Gasteiger partial charge in [-0.15, -0.1) is 10.2 Å². The highest BCUT2D eigenvalue weighted by molar-refractivity contribution is 6.36. The van der Waals surface area contributed by atoms with E-state index in [0.29, 0.717) is 28.0 Å². The second-order valence-corrected chi connectivity index (χ2v) is 5.71. The number of hydrogen-bond donors (Lipinski definition) is 1. The Hall–Kier alpha value is -1.66. The molecule has 1 amide bonds. The van der Waals surface area contributed by atoms with Crippen molar-refractivity contribution < 1.29 is 4.79 Å². The van der Waals surface area contributed by atoms with Gasteiger partial charge in [-0.05, 0) is 30.5 Å². The molecular formula is C13H13Cl2N5O. The summed E-state index contributed by atoms with van der Waals surface area (Å²) in [7, 11) is 0. The zero-order valence-electron chi connectivity index (χ0n) is 11.1. The number of halogens is 2. The first-order valence-corrected chi connectivity index (χ1v) is 7.38. The number of nitrogens with zero attached hydrogens (tertiary/aromatic N) is 4. The summed E-state index contributed by atoms with van der Waals surface area (Å²) < 4.78 is 0. The third kappa shape index (κ3) is 2.87. The van der Waals surface area contributed by atoms with Crippen molar-refractivity contribution in [3.8, 4) is 0 Å². The summed E-state index contributed by atoms with van der Waals surface area (Å²) in [6.45, 7) is 0.681.